The SMILES string of the molecule is CC(C)CCC1(C)C(=O)NC=C(CO)C1=O. The molecule has 1 unspecified atom stereocenters. The van der Waals surface area contributed by atoms with E-state index in [1.54, 1.807) is 6.92 Å². The molecule has 0 fully saturated rings. The number of ketones is 1. The van der Waals surface area contributed by atoms with E-state index >= 15 is 0 Å². The number of amides is 1. The van der Waals surface area contributed by atoms with Gasteiger partial charge in [-0.3, -0.25) is 9.59 Å². The third-order valence-corrected chi connectivity index (χ3v) is 3.06. The number of rotatable bonds is 4. The third kappa shape index (κ3) is 2.32. The Hall–Kier alpha value is -1.16. The molecule has 0 bridgehead atoms. The van der Waals surface area contributed by atoms with Crippen LogP contribution in [-0.2, 0) is 9.59 Å². The van der Waals surface area contributed by atoms with Crippen molar-refractivity contribution in [3.05, 3.63) is 11.8 Å². The van der Waals surface area contributed by atoms with Crippen LogP contribution in [0.25, 0.3) is 0 Å². The van der Waals surface area contributed by atoms with Crippen LogP contribution < -0.4 is 5.32 Å². The molecule has 0 radical (unpaired) electrons. The number of aliphatic hydroxyl groups is 1. The maximum atomic E-state index is 12.0. The van der Waals surface area contributed by atoms with E-state index in [0.29, 0.717) is 12.3 Å². The molecule has 0 saturated carbocycles. The first kappa shape index (κ1) is 12.9. The summed E-state index contributed by atoms with van der Waals surface area (Å²) < 4.78 is 0. The van der Waals surface area contributed by atoms with Gasteiger partial charge in [0.25, 0.3) is 0 Å². The van der Waals surface area contributed by atoms with Crippen LogP contribution in [0, 0.1) is 11.3 Å². The van der Waals surface area contributed by atoms with Gasteiger partial charge < -0.3 is 10.4 Å². The summed E-state index contributed by atoms with van der Waals surface area (Å²) in [5.41, 5.74) is -0.734. The molecule has 4 heteroatoms. The number of aliphatic hydroxyl groups excluding tert-OH is 1. The second kappa shape index (κ2) is 4.78. The first-order valence-electron chi connectivity index (χ1n) is 5.57. The molecule has 0 aromatic carbocycles. The molecular formula is C12H19NO3. The van der Waals surface area contributed by atoms with E-state index < -0.39 is 5.41 Å². The molecule has 4 nitrogen and oxygen atoms in total. The van der Waals surface area contributed by atoms with Crippen molar-refractivity contribution < 1.29 is 14.7 Å². The van der Waals surface area contributed by atoms with Crippen molar-refractivity contribution in [1.82, 2.24) is 5.32 Å². The summed E-state index contributed by atoms with van der Waals surface area (Å²) in [6.07, 6.45) is 2.64. The summed E-state index contributed by atoms with van der Waals surface area (Å²) in [5, 5.41) is 11.6. The monoisotopic (exact) mass is 225 g/mol. The fourth-order valence-corrected chi connectivity index (χ4v) is 1.76. The first-order chi connectivity index (χ1) is 7.41. The van der Waals surface area contributed by atoms with Gasteiger partial charge in [-0.15, -0.1) is 0 Å². The third-order valence-electron chi connectivity index (χ3n) is 3.06. The molecule has 1 aliphatic heterocycles. The zero-order valence-electron chi connectivity index (χ0n) is 10.0. The summed E-state index contributed by atoms with van der Waals surface area (Å²) >= 11 is 0. The van der Waals surface area contributed by atoms with Crippen molar-refractivity contribution in [1.29, 1.82) is 0 Å². The zero-order chi connectivity index (χ0) is 12.3. The Morgan fingerprint density at radius 3 is 2.56 bits per heavy atom. The van der Waals surface area contributed by atoms with Gasteiger partial charge in [0.15, 0.2) is 5.78 Å². The van der Waals surface area contributed by atoms with Gasteiger partial charge in [0.1, 0.15) is 5.41 Å². The van der Waals surface area contributed by atoms with E-state index in [1.165, 1.54) is 6.20 Å². The fourth-order valence-electron chi connectivity index (χ4n) is 1.76. The molecule has 0 aliphatic carbocycles. The number of nitrogens with one attached hydrogen (secondary N) is 1. The van der Waals surface area contributed by atoms with E-state index in [9.17, 15) is 9.59 Å². The van der Waals surface area contributed by atoms with E-state index in [0.717, 1.165) is 6.42 Å². The van der Waals surface area contributed by atoms with Crippen molar-refractivity contribution >= 4 is 11.7 Å². The van der Waals surface area contributed by atoms with Crippen LogP contribution in [0.3, 0.4) is 0 Å². The van der Waals surface area contributed by atoms with Gasteiger partial charge in [-0.05, 0) is 25.7 Å². The van der Waals surface area contributed by atoms with Crippen molar-refractivity contribution in [2.45, 2.75) is 33.6 Å². The molecule has 16 heavy (non-hydrogen) atoms. The maximum Gasteiger partial charge on any atom is 0.237 e. The van der Waals surface area contributed by atoms with Crippen LogP contribution in [0.1, 0.15) is 33.6 Å². The van der Waals surface area contributed by atoms with Gasteiger partial charge in [0, 0.05) is 11.8 Å². The van der Waals surface area contributed by atoms with Gasteiger partial charge in [-0.25, -0.2) is 0 Å². The normalized spacial score (nSPS) is 25.7. The number of carbonyl (C=O) groups is 2. The van der Waals surface area contributed by atoms with Crippen molar-refractivity contribution in [2.75, 3.05) is 6.61 Å². The molecule has 1 heterocycles. The van der Waals surface area contributed by atoms with Crippen LogP contribution >= 0.6 is 0 Å². The van der Waals surface area contributed by atoms with Crippen LogP contribution in [0.5, 0.6) is 0 Å². The largest absolute Gasteiger partial charge is 0.391 e. The second-order valence-corrected chi connectivity index (χ2v) is 4.89. The Kier molecular flexibility index (Phi) is 3.86. The Balaban J connectivity index is 2.88. The minimum Gasteiger partial charge on any atom is -0.391 e. The molecule has 2 N–H and O–H groups in total. The summed E-state index contributed by atoms with van der Waals surface area (Å²) in [7, 11) is 0. The van der Waals surface area contributed by atoms with Crippen molar-refractivity contribution in [2.24, 2.45) is 11.3 Å². The minimum atomic E-state index is -1.02. The molecule has 1 aliphatic rings. The van der Waals surface area contributed by atoms with Crippen LogP contribution in [0.2, 0.25) is 0 Å². The van der Waals surface area contributed by atoms with Gasteiger partial charge in [0.2, 0.25) is 5.91 Å². The lowest BCUT2D eigenvalue weighted by Crippen LogP contribution is -2.48. The highest BCUT2D eigenvalue weighted by atomic mass is 16.3. The Morgan fingerprint density at radius 2 is 2.06 bits per heavy atom. The number of Topliss-reactive ketones (excluding diaryl/α,β-unsaturated/α-hetero) is 1. The van der Waals surface area contributed by atoms with Gasteiger partial charge >= 0.3 is 0 Å². The number of hydrogen-bond acceptors (Lipinski definition) is 3. The van der Waals surface area contributed by atoms with Crippen LogP contribution in [0.15, 0.2) is 11.8 Å². The predicted octanol–water partition coefficient (Wildman–Crippen LogP) is 1.00. The van der Waals surface area contributed by atoms with Crippen molar-refractivity contribution in [3.8, 4) is 0 Å². The van der Waals surface area contributed by atoms with E-state index in [1.807, 2.05) is 0 Å². The number of carbonyl (C=O) groups excluding carboxylic acids is 2. The molecule has 0 aromatic rings. The summed E-state index contributed by atoms with van der Waals surface area (Å²) in [5.74, 6) is -0.0735. The molecule has 1 atom stereocenters. The lowest BCUT2D eigenvalue weighted by atomic mass is 9.75. The average molecular weight is 225 g/mol. The standard InChI is InChI=1S/C12H19NO3/c1-8(2)4-5-12(3)10(15)9(7-14)6-13-11(12)16/h6,8,14H,4-5,7H2,1-3H3,(H,13,16). The smallest absolute Gasteiger partial charge is 0.237 e. The highest BCUT2D eigenvalue weighted by Gasteiger charge is 2.43. The summed E-state index contributed by atoms with van der Waals surface area (Å²) in [6, 6.07) is 0. The molecule has 0 spiro atoms. The quantitative estimate of drug-likeness (QED) is 0.701. The maximum absolute atomic E-state index is 12.0. The van der Waals surface area contributed by atoms with Gasteiger partial charge in [-0.1, -0.05) is 13.8 Å². The van der Waals surface area contributed by atoms with E-state index in [2.05, 4.69) is 19.2 Å². The Bertz CT molecular complexity index is 333. The van der Waals surface area contributed by atoms with Gasteiger partial charge in [-0.2, -0.15) is 0 Å². The molecule has 1 amide bonds. The fraction of sp³-hybridized carbons (Fsp3) is 0.667. The lowest BCUT2D eigenvalue weighted by molar-refractivity contribution is -0.140. The summed E-state index contributed by atoms with van der Waals surface area (Å²) in [4.78, 5) is 23.8. The minimum absolute atomic E-state index is 0.251. The van der Waals surface area contributed by atoms with E-state index in [-0.39, 0.29) is 23.9 Å². The number of hydrogen-bond donors (Lipinski definition) is 2. The van der Waals surface area contributed by atoms with E-state index in [4.69, 9.17) is 5.11 Å². The molecule has 0 aromatic heterocycles. The zero-order valence-corrected chi connectivity index (χ0v) is 10.0. The predicted molar refractivity (Wildman–Crippen MR) is 60.5 cm³/mol. The Morgan fingerprint density at radius 1 is 1.44 bits per heavy atom. The molecule has 90 valence electrons. The summed E-state index contributed by atoms with van der Waals surface area (Å²) in [6.45, 7) is 5.43. The molecular weight excluding hydrogens is 206 g/mol. The lowest BCUT2D eigenvalue weighted by Gasteiger charge is -2.31. The molecule has 0 saturated heterocycles. The van der Waals surface area contributed by atoms with Crippen LogP contribution in [0.4, 0.5) is 0 Å². The van der Waals surface area contributed by atoms with Gasteiger partial charge in [0.05, 0.1) is 6.61 Å². The second-order valence-electron chi connectivity index (χ2n) is 4.89. The first-order valence-corrected chi connectivity index (χ1v) is 5.57. The highest BCUT2D eigenvalue weighted by Crippen LogP contribution is 2.31. The van der Waals surface area contributed by atoms with Crippen LogP contribution in [-0.4, -0.2) is 23.4 Å². The molecule has 1 rings (SSSR count). The highest BCUT2D eigenvalue weighted by molar-refractivity contribution is 6.15. The average Bonchev–Trinajstić information content (AvgIpc) is 2.24. The topological polar surface area (TPSA) is 66.4 Å². The Labute approximate surface area is 95.7 Å². The van der Waals surface area contributed by atoms with Crippen molar-refractivity contribution in [3.63, 3.8) is 0 Å².